The number of methoxy groups -OCH3 is 1. The Bertz CT molecular complexity index is 334. The van der Waals surface area contributed by atoms with Crippen molar-refractivity contribution in [2.24, 2.45) is 16.6 Å². The van der Waals surface area contributed by atoms with Gasteiger partial charge in [-0.15, -0.1) is 24.0 Å². The minimum atomic E-state index is 0. The number of nitrogens with two attached hydrogens (primary N) is 1. The van der Waals surface area contributed by atoms with Crippen molar-refractivity contribution in [1.82, 2.24) is 10.6 Å². The third-order valence-electron chi connectivity index (χ3n) is 3.73. The average molecular weight is 426 g/mol. The first-order chi connectivity index (χ1) is 10.1. The standard InChI is InChI=1S/C15H30N4O2.HI/c1-12(11-21-2)19-15(16)18-9-8-17-14(20)10-13-6-4-3-5-7-13;/h12-13H,3-11H2,1-2H3,(H,17,20)(H3,16,18,19);1H. The fraction of sp³-hybridized carbons (Fsp3) is 0.867. The zero-order chi connectivity index (χ0) is 15.5. The lowest BCUT2D eigenvalue weighted by atomic mass is 9.87. The smallest absolute Gasteiger partial charge is 0.220 e. The van der Waals surface area contributed by atoms with E-state index >= 15 is 0 Å². The van der Waals surface area contributed by atoms with Crippen molar-refractivity contribution in [3.8, 4) is 0 Å². The van der Waals surface area contributed by atoms with Crippen LogP contribution in [-0.4, -0.2) is 44.7 Å². The number of nitrogens with one attached hydrogen (secondary N) is 2. The van der Waals surface area contributed by atoms with Gasteiger partial charge in [0.15, 0.2) is 5.96 Å². The second-order valence-electron chi connectivity index (χ2n) is 5.83. The van der Waals surface area contributed by atoms with Crippen LogP contribution in [0.3, 0.4) is 0 Å². The highest BCUT2D eigenvalue weighted by Gasteiger charge is 2.16. The minimum absolute atomic E-state index is 0. The van der Waals surface area contributed by atoms with E-state index in [0.717, 1.165) is 0 Å². The molecule has 0 aliphatic heterocycles. The van der Waals surface area contributed by atoms with E-state index in [-0.39, 0.29) is 35.9 Å². The molecule has 0 aromatic heterocycles. The van der Waals surface area contributed by atoms with E-state index in [1.807, 2.05) is 6.92 Å². The fourth-order valence-corrected chi connectivity index (χ4v) is 2.69. The lowest BCUT2D eigenvalue weighted by Crippen LogP contribution is -2.41. The molecule has 0 saturated heterocycles. The van der Waals surface area contributed by atoms with Crippen molar-refractivity contribution >= 4 is 35.8 Å². The molecular formula is C15H31IN4O2. The molecule has 1 aliphatic carbocycles. The van der Waals surface area contributed by atoms with Crippen LogP contribution in [0.25, 0.3) is 0 Å². The number of guanidine groups is 1. The van der Waals surface area contributed by atoms with Gasteiger partial charge in [-0.25, -0.2) is 0 Å². The number of carbonyl (C=O) groups is 1. The number of nitrogens with zero attached hydrogens (tertiary/aromatic N) is 1. The quantitative estimate of drug-likeness (QED) is 0.238. The Kier molecular flexibility index (Phi) is 12.6. The monoisotopic (exact) mass is 426 g/mol. The van der Waals surface area contributed by atoms with E-state index < -0.39 is 0 Å². The first kappa shape index (κ1) is 21.4. The van der Waals surface area contributed by atoms with Crippen LogP contribution < -0.4 is 16.4 Å². The van der Waals surface area contributed by atoms with Crippen molar-refractivity contribution < 1.29 is 9.53 Å². The molecule has 0 bridgehead atoms. The minimum Gasteiger partial charge on any atom is -0.383 e. The molecule has 0 spiro atoms. The Morgan fingerprint density at radius 2 is 2.05 bits per heavy atom. The van der Waals surface area contributed by atoms with E-state index in [1.165, 1.54) is 32.1 Å². The van der Waals surface area contributed by atoms with Gasteiger partial charge in [-0.3, -0.25) is 9.79 Å². The predicted octanol–water partition coefficient (Wildman–Crippen LogP) is 1.63. The van der Waals surface area contributed by atoms with Gasteiger partial charge in [0.25, 0.3) is 0 Å². The normalized spacial score (nSPS) is 17.5. The first-order valence-electron chi connectivity index (χ1n) is 7.94. The van der Waals surface area contributed by atoms with Crippen LogP contribution in [-0.2, 0) is 9.53 Å². The molecule has 0 heterocycles. The molecule has 1 rings (SSSR count). The van der Waals surface area contributed by atoms with Crippen molar-refractivity contribution in [2.45, 2.75) is 51.5 Å². The second-order valence-corrected chi connectivity index (χ2v) is 5.83. The topological polar surface area (TPSA) is 88.7 Å². The maximum atomic E-state index is 11.8. The Labute approximate surface area is 151 Å². The summed E-state index contributed by atoms with van der Waals surface area (Å²) in [6.45, 7) is 3.58. The number of rotatable bonds is 8. The largest absolute Gasteiger partial charge is 0.383 e. The van der Waals surface area contributed by atoms with E-state index in [2.05, 4.69) is 15.6 Å². The summed E-state index contributed by atoms with van der Waals surface area (Å²) in [4.78, 5) is 16.0. The van der Waals surface area contributed by atoms with Gasteiger partial charge in [0.1, 0.15) is 0 Å². The molecule has 1 fully saturated rings. The summed E-state index contributed by atoms with van der Waals surface area (Å²) in [5.41, 5.74) is 5.74. The predicted molar refractivity (Wildman–Crippen MR) is 101 cm³/mol. The zero-order valence-electron chi connectivity index (χ0n) is 13.8. The summed E-state index contributed by atoms with van der Waals surface area (Å²) >= 11 is 0. The van der Waals surface area contributed by atoms with Gasteiger partial charge < -0.3 is 21.1 Å². The molecule has 130 valence electrons. The maximum absolute atomic E-state index is 11.8. The number of aliphatic imine (C=N–C) groups is 1. The van der Waals surface area contributed by atoms with Crippen molar-refractivity contribution in [3.05, 3.63) is 0 Å². The van der Waals surface area contributed by atoms with Crippen LogP contribution in [0.1, 0.15) is 45.4 Å². The van der Waals surface area contributed by atoms with Gasteiger partial charge in [-0.2, -0.15) is 0 Å². The van der Waals surface area contributed by atoms with Crippen LogP contribution in [0, 0.1) is 5.92 Å². The number of hydrogen-bond donors (Lipinski definition) is 3. The summed E-state index contributed by atoms with van der Waals surface area (Å²) in [5.74, 6) is 1.10. The number of halogens is 1. The Morgan fingerprint density at radius 1 is 1.36 bits per heavy atom. The molecule has 1 amide bonds. The van der Waals surface area contributed by atoms with Crippen LogP contribution in [0.4, 0.5) is 0 Å². The SMILES string of the molecule is COCC(C)NC(N)=NCCNC(=O)CC1CCCCC1.I. The highest BCUT2D eigenvalue weighted by Crippen LogP contribution is 2.25. The number of amides is 1. The van der Waals surface area contributed by atoms with Gasteiger partial charge in [0, 0.05) is 26.1 Å². The molecular weight excluding hydrogens is 395 g/mol. The number of carbonyl (C=O) groups excluding carboxylic acids is 1. The van der Waals surface area contributed by atoms with Gasteiger partial charge in [-0.1, -0.05) is 19.3 Å². The maximum Gasteiger partial charge on any atom is 0.220 e. The third-order valence-corrected chi connectivity index (χ3v) is 3.73. The molecule has 7 heteroatoms. The molecule has 22 heavy (non-hydrogen) atoms. The van der Waals surface area contributed by atoms with Gasteiger partial charge in [0.2, 0.25) is 5.91 Å². The highest BCUT2D eigenvalue weighted by molar-refractivity contribution is 14.0. The fourth-order valence-electron chi connectivity index (χ4n) is 2.69. The molecule has 1 unspecified atom stereocenters. The van der Waals surface area contributed by atoms with Crippen LogP contribution in [0.15, 0.2) is 4.99 Å². The van der Waals surface area contributed by atoms with Crippen molar-refractivity contribution in [3.63, 3.8) is 0 Å². The summed E-state index contributed by atoms with van der Waals surface area (Å²) in [6, 6.07) is 0.125. The number of ether oxygens (including phenoxy) is 1. The Balaban J connectivity index is 0.00000441. The lowest BCUT2D eigenvalue weighted by Gasteiger charge is -2.20. The average Bonchev–Trinajstić information content (AvgIpc) is 2.45. The van der Waals surface area contributed by atoms with E-state index in [0.29, 0.717) is 38.0 Å². The summed E-state index contributed by atoms with van der Waals surface area (Å²) in [6.07, 6.45) is 6.90. The lowest BCUT2D eigenvalue weighted by molar-refractivity contribution is -0.122. The molecule has 6 nitrogen and oxygen atoms in total. The second kappa shape index (κ2) is 12.9. The molecule has 0 radical (unpaired) electrons. The van der Waals surface area contributed by atoms with E-state index in [9.17, 15) is 4.79 Å². The highest BCUT2D eigenvalue weighted by atomic mass is 127. The van der Waals surface area contributed by atoms with E-state index in [4.69, 9.17) is 10.5 Å². The molecule has 0 aromatic rings. The summed E-state index contributed by atoms with van der Waals surface area (Å²) < 4.78 is 5.00. The Morgan fingerprint density at radius 3 is 2.68 bits per heavy atom. The molecule has 4 N–H and O–H groups in total. The van der Waals surface area contributed by atoms with E-state index in [1.54, 1.807) is 7.11 Å². The van der Waals surface area contributed by atoms with Gasteiger partial charge in [0.05, 0.1) is 13.2 Å². The summed E-state index contributed by atoms with van der Waals surface area (Å²) in [5, 5.41) is 5.93. The summed E-state index contributed by atoms with van der Waals surface area (Å²) in [7, 11) is 1.65. The van der Waals surface area contributed by atoms with Crippen molar-refractivity contribution in [2.75, 3.05) is 26.8 Å². The van der Waals surface area contributed by atoms with Gasteiger partial charge >= 0.3 is 0 Å². The molecule has 1 saturated carbocycles. The molecule has 1 atom stereocenters. The first-order valence-corrected chi connectivity index (χ1v) is 7.94. The van der Waals surface area contributed by atoms with Crippen LogP contribution in [0.2, 0.25) is 0 Å². The zero-order valence-corrected chi connectivity index (χ0v) is 16.1. The van der Waals surface area contributed by atoms with Gasteiger partial charge in [-0.05, 0) is 25.7 Å². The van der Waals surface area contributed by atoms with Crippen LogP contribution >= 0.6 is 24.0 Å². The number of hydrogen-bond acceptors (Lipinski definition) is 3. The molecule has 0 aromatic carbocycles. The van der Waals surface area contributed by atoms with Crippen LogP contribution in [0.5, 0.6) is 0 Å². The third kappa shape index (κ3) is 10.2. The Hall–Kier alpha value is -0.570. The van der Waals surface area contributed by atoms with Crippen molar-refractivity contribution in [1.29, 1.82) is 0 Å². The molecule has 1 aliphatic rings.